The van der Waals surface area contributed by atoms with Crippen LogP contribution in [0.25, 0.3) is 0 Å². The van der Waals surface area contributed by atoms with E-state index in [1.54, 1.807) is 11.1 Å². The summed E-state index contributed by atoms with van der Waals surface area (Å²) in [6.45, 7) is 2.72. The molecule has 0 radical (unpaired) electrons. The molecule has 0 aliphatic carbocycles. The largest absolute Gasteiger partial charge is 0.346 e. The summed E-state index contributed by atoms with van der Waals surface area (Å²) in [4.78, 5) is 29.4. The third kappa shape index (κ3) is 3.77. The Hall–Kier alpha value is -1.91. The number of hydrogen-bond donors (Lipinski definition) is 1. The SMILES string of the molecule is CC(NC(=O)CN1CCCCC1=O)c1ccccn1. The van der Waals surface area contributed by atoms with Gasteiger partial charge in [0.15, 0.2) is 0 Å². The van der Waals surface area contributed by atoms with Crippen molar-refractivity contribution in [2.24, 2.45) is 0 Å². The molecule has 0 aromatic carbocycles. The molecule has 1 fully saturated rings. The van der Waals surface area contributed by atoms with E-state index in [9.17, 15) is 9.59 Å². The van der Waals surface area contributed by atoms with Crippen LogP contribution in [0.3, 0.4) is 0 Å². The van der Waals surface area contributed by atoms with Crippen molar-refractivity contribution < 1.29 is 9.59 Å². The van der Waals surface area contributed by atoms with Gasteiger partial charge in [-0.3, -0.25) is 14.6 Å². The molecule has 1 N–H and O–H groups in total. The number of rotatable bonds is 4. The first kappa shape index (κ1) is 13.5. The summed E-state index contributed by atoms with van der Waals surface area (Å²) < 4.78 is 0. The zero-order valence-electron chi connectivity index (χ0n) is 11.1. The third-order valence-electron chi connectivity index (χ3n) is 3.26. The van der Waals surface area contributed by atoms with Gasteiger partial charge in [0.2, 0.25) is 11.8 Å². The highest BCUT2D eigenvalue weighted by molar-refractivity contribution is 5.85. The zero-order chi connectivity index (χ0) is 13.7. The van der Waals surface area contributed by atoms with Crippen LogP contribution < -0.4 is 5.32 Å². The number of nitrogens with zero attached hydrogens (tertiary/aromatic N) is 2. The fourth-order valence-corrected chi connectivity index (χ4v) is 2.20. The highest BCUT2D eigenvalue weighted by atomic mass is 16.2. The first-order valence-electron chi connectivity index (χ1n) is 6.65. The van der Waals surface area contributed by atoms with Crippen molar-refractivity contribution >= 4 is 11.8 Å². The minimum Gasteiger partial charge on any atom is -0.346 e. The van der Waals surface area contributed by atoms with Crippen LogP contribution in [-0.2, 0) is 9.59 Å². The number of likely N-dealkylation sites (tertiary alicyclic amines) is 1. The van der Waals surface area contributed by atoms with E-state index in [1.165, 1.54) is 0 Å². The molecule has 19 heavy (non-hydrogen) atoms. The van der Waals surface area contributed by atoms with E-state index < -0.39 is 0 Å². The van der Waals surface area contributed by atoms with Gasteiger partial charge in [-0.15, -0.1) is 0 Å². The third-order valence-corrected chi connectivity index (χ3v) is 3.26. The molecule has 1 atom stereocenters. The Morgan fingerprint density at radius 3 is 3.00 bits per heavy atom. The van der Waals surface area contributed by atoms with Crippen molar-refractivity contribution in [3.05, 3.63) is 30.1 Å². The average molecular weight is 261 g/mol. The first-order valence-corrected chi connectivity index (χ1v) is 6.65. The number of carbonyl (C=O) groups is 2. The zero-order valence-corrected chi connectivity index (χ0v) is 11.1. The van der Waals surface area contributed by atoms with E-state index >= 15 is 0 Å². The summed E-state index contributed by atoms with van der Waals surface area (Å²) in [6, 6.07) is 5.45. The van der Waals surface area contributed by atoms with E-state index in [0.717, 1.165) is 18.5 Å². The lowest BCUT2D eigenvalue weighted by molar-refractivity contribution is -0.138. The van der Waals surface area contributed by atoms with Crippen LogP contribution in [0.2, 0.25) is 0 Å². The van der Waals surface area contributed by atoms with Crippen molar-refractivity contribution in [2.45, 2.75) is 32.2 Å². The molecule has 2 heterocycles. The first-order chi connectivity index (χ1) is 9.16. The van der Waals surface area contributed by atoms with Gasteiger partial charge in [-0.2, -0.15) is 0 Å². The monoisotopic (exact) mass is 261 g/mol. The van der Waals surface area contributed by atoms with Crippen LogP contribution in [0.15, 0.2) is 24.4 Å². The van der Waals surface area contributed by atoms with Gasteiger partial charge in [-0.05, 0) is 31.9 Å². The van der Waals surface area contributed by atoms with Gasteiger partial charge in [-0.25, -0.2) is 0 Å². The minimum absolute atomic E-state index is 0.0758. The van der Waals surface area contributed by atoms with Gasteiger partial charge in [0, 0.05) is 19.2 Å². The van der Waals surface area contributed by atoms with Crippen LogP contribution in [0.5, 0.6) is 0 Å². The fraction of sp³-hybridized carbons (Fsp3) is 0.500. The molecule has 1 aromatic rings. The molecule has 5 heteroatoms. The maximum Gasteiger partial charge on any atom is 0.240 e. The number of aromatic nitrogens is 1. The summed E-state index contributed by atoms with van der Waals surface area (Å²) >= 11 is 0. The van der Waals surface area contributed by atoms with Crippen LogP contribution in [-0.4, -0.2) is 34.8 Å². The Morgan fingerprint density at radius 1 is 1.47 bits per heavy atom. The van der Waals surface area contributed by atoms with E-state index in [2.05, 4.69) is 10.3 Å². The average Bonchev–Trinajstić information content (AvgIpc) is 2.42. The molecule has 1 aliphatic rings. The number of amides is 2. The summed E-state index contributed by atoms with van der Waals surface area (Å²) in [7, 11) is 0. The lowest BCUT2D eigenvalue weighted by Gasteiger charge is -2.26. The molecule has 102 valence electrons. The van der Waals surface area contributed by atoms with Gasteiger partial charge < -0.3 is 10.2 Å². The highest BCUT2D eigenvalue weighted by Crippen LogP contribution is 2.11. The smallest absolute Gasteiger partial charge is 0.240 e. The van der Waals surface area contributed by atoms with E-state index in [4.69, 9.17) is 0 Å². The van der Waals surface area contributed by atoms with Crippen LogP contribution in [0.4, 0.5) is 0 Å². The molecule has 0 bridgehead atoms. The molecule has 5 nitrogen and oxygen atoms in total. The quantitative estimate of drug-likeness (QED) is 0.888. The maximum absolute atomic E-state index is 11.9. The van der Waals surface area contributed by atoms with Gasteiger partial charge in [0.25, 0.3) is 0 Å². The van der Waals surface area contributed by atoms with Crippen LogP contribution >= 0.6 is 0 Å². The van der Waals surface area contributed by atoms with Gasteiger partial charge in [-0.1, -0.05) is 6.07 Å². The van der Waals surface area contributed by atoms with Crippen LogP contribution in [0.1, 0.15) is 37.9 Å². The second-order valence-corrected chi connectivity index (χ2v) is 4.82. The summed E-state index contributed by atoms with van der Waals surface area (Å²) in [5.74, 6) is -0.0553. The molecule has 0 spiro atoms. The minimum atomic E-state index is -0.145. The predicted octanol–water partition coefficient (Wildman–Crippen LogP) is 1.27. The Balaban J connectivity index is 1.85. The molecule has 2 rings (SSSR count). The van der Waals surface area contributed by atoms with E-state index in [-0.39, 0.29) is 24.4 Å². The predicted molar refractivity (Wildman–Crippen MR) is 71.2 cm³/mol. The standard InChI is InChI=1S/C14H19N3O2/c1-11(12-6-2-4-8-15-12)16-13(18)10-17-9-5-3-7-14(17)19/h2,4,6,8,11H,3,5,7,9-10H2,1H3,(H,16,18). The summed E-state index contributed by atoms with van der Waals surface area (Å²) in [5, 5.41) is 2.87. The summed E-state index contributed by atoms with van der Waals surface area (Å²) in [5.41, 5.74) is 0.820. The van der Waals surface area contributed by atoms with E-state index in [1.807, 2.05) is 25.1 Å². The van der Waals surface area contributed by atoms with Crippen molar-refractivity contribution in [3.63, 3.8) is 0 Å². The lowest BCUT2D eigenvalue weighted by atomic mass is 10.1. The molecule has 1 saturated heterocycles. The van der Waals surface area contributed by atoms with Crippen LogP contribution in [0, 0.1) is 0 Å². The Labute approximate surface area is 113 Å². The Kier molecular flexibility index (Phi) is 4.49. The molecule has 1 aliphatic heterocycles. The molecule has 2 amide bonds. The van der Waals surface area contributed by atoms with E-state index in [0.29, 0.717) is 13.0 Å². The fourth-order valence-electron chi connectivity index (χ4n) is 2.20. The van der Waals surface area contributed by atoms with Gasteiger partial charge >= 0.3 is 0 Å². The summed E-state index contributed by atoms with van der Waals surface area (Å²) in [6.07, 6.45) is 4.17. The van der Waals surface area contributed by atoms with Gasteiger partial charge in [0.1, 0.15) is 0 Å². The van der Waals surface area contributed by atoms with Crippen molar-refractivity contribution in [2.75, 3.05) is 13.1 Å². The molecule has 1 aromatic heterocycles. The Bertz CT molecular complexity index is 447. The molecule has 0 saturated carbocycles. The number of carbonyl (C=O) groups excluding carboxylic acids is 2. The molecular weight excluding hydrogens is 242 g/mol. The number of pyridine rings is 1. The normalized spacial score (nSPS) is 17.1. The van der Waals surface area contributed by atoms with Crippen molar-refractivity contribution in [3.8, 4) is 0 Å². The topological polar surface area (TPSA) is 62.3 Å². The van der Waals surface area contributed by atoms with Gasteiger partial charge in [0.05, 0.1) is 18.3 Å². The van der Waals surface area contributed by atoms with Crippen molar-refractivity contribution in [1.82, 2.24) is 15.2 Å². The molecular formula is C14H19N3O2. The highest BCUT2D eigenvalue weighted by Gasteiger charge is 2.21. The molecule has 1 unspecified atom stereocenters. The number of hydrogen-bond acceptors (Lipinski definition) is 3. The second kappa shape index (κ2) is 6.31. The number of piperidine rings is 1. The van der Waals surface area contributed by atoms with Crippen molar-refractivity contribution in [1.29, 1.82) is 0 Å². The maximum atomic E-state index is 11.9. The Morgan fingerprint density at radius 2 is 2.32 bits per heavy atom. The second-order valence-electron chi connectivity index (χ2n) is 4.82. The number of nitrogens with one attached hydrogen (secondary N) is 1. The lowest BCUT2D eigenvalue weighted by Crippen LogP contribution is -2.43.